The van der Waals surface area contributed by atoms with Crippen LogP contribution >= 0.6 is 0 Å². The Morgan fingerprint density at radius 2 is 1.91 bits per heavy atom. The summed E-state index contributed by atoms with van der Waals surface area (Å²) in [5, 5.41) is 14.8. The lowest BCUT2D eigenvalue weighted by molar-refractivity contribution is 0.222. The summed E-state index contributed by atoms with van der Waals surface area (Å²) in [5.41, 5.74) is 0.943. The van der Waals surface area contributed by atoms with Crippen LogP contribution in [0.15, 0.2) is 24.3 Å². The molecule has 1 fully saturated rings. The summed E-state index contributed by atoms with van der Waals surface area (Å²) >= 11 is 0. The molecular weight excluding hydrogens is 283 g/mol. The molecule has 1 aromatic rings. The van der Waals surface area contributed by atoms with Crippen molar-refractivity contribution in [3.8, 4) is 0 Å². The van der Waals surface area contributed by atoms with E-state index in [0.29, 0.717) is 12.3 Å². The van der Waals surface area contributed by atoms with E-state index in [-0.39, 0.29) is 30.5 Å². The van der Waals surface area contributed by atoms with Gasteiger partial charge in [0.1, 0.15) is 5.82 Å². The van der Waals surface area contributed by atoms with Crippen LogP contribution in [0.1, 0.15) is 50.6 Å². The van der Waals surface area contributed by atoms with E-state index in [2.05, 4.69) is 10.6 Å². The number of nitrogens with one attached hydrogen (secondary N) is 2. The van der Waals surface area contributed by atoms with E-state index < -0.39 is 0 Å². The van der Waals surface area contributed by atoms with Gasteiger partial charge in [0.2, 0.25) is 0 Å². The molecule has 22 heavy (non-hydrogen) atoms. The van der Waals surface area contributed by atoms with Gasteiger partial charge < -0.3 is 15.7 Å². The van der Waals surface area contributed by atoms with Crippen molar-refractivity contribution < 1.29 is 14.3 Å². The van der Waals surface area contributed by atoms with Crippen molar-refractivity contribution in [1.29, 1.82) is 0 Å². The molecule has 0 heterocycles. The number of hydrogen-bond acceptors (Lipinski definition) is 2. The van der Waals surface area contributed by atoms with E-state index in [1.165, 1.54) is 25.0 Å². The molecule has 0 radical (unpaired) electrons. The van der Waals surface area contributed by atoms with Gasteiger partial charge in [0.15, 0.2) is 0 Å². The smallest absolute Gasteiger partial charge is 0.315 e. The zero-order valence-electron chi connectivity index (χ0n) is 13.0. The molecule has 0 aliphatic heterocycles. The summed E-state index contributed by atoms with van der Waals surface area (Å²) in [6.07, 6.45) is 5.03. The lowest BCUT2D eigenvalue weighted by Crippen LogP contribution is -2.44. The predicted octanol–water partition coefficient (Wildman–Crippen LogP) is 3.13. The molecule has 2 rings (SSSR count). The molecular formula is C17H25FN2O2. The van der Waals surface area contributed by atoms with E-state index >= 15 is 0 Å². The second kappa shape index (κ2) is 8.13. The van der Waals surface area contributed by atoms with Crippen LogP contribution in [0.3, 0.4) is 0 Å². The highest BCUT2D eigenvalue weighted by atomic mass is 19.1. The van der Waals surface area contributed by atoms with Gasteiger partial charge in [-0.15, -0.1) is 0 Å². The third-order valence-electron chi connectivity index (χ3n) is 4.33. The third-order valence-corrected chi connectivity index (χ3v) is 4.33. The summed E-state index contributed by atoms with van der Waals surface area (Å²) in [7, 11) is 0. The SMILES string of the molecule is C[C@H](CCO)NC(=O)NC(c1ccc(F)cc1)C1CCCC1. The van der Waals surface area contributed by atoms with Gasteiger partial charge in [-0.3, -0.25) is 0 Å². The highest BCUT2D eigenvalue weighted by molar-refractivity contribution is 5.74. The number of carbonyl (C=O) groups is 1. The first-order valence-electron chi connectivity index (χ1n) is 8.03. The van der Waals surface area contributed by atoms with Gasteiger partial charge in [-0.25, -0.2) is 9.18 Å². The topological polar surface area (TPSA) is 61.4 Å². The van der Waals surface area contributed by atoms with Crippen molar-refractivity contribution >= 4 is 6.03 Å². The van der Waals surface area contributed by atoms with Crippen molar-refractivity contribution in [3.63, 3.8) is 0 Å². The van der Waals surface area contributed by atoms with E-state index in [0.717, 1.165) is 18.4 Å². The number of aliphatic hydroxyl groups excluding tert-OH is 1. The Morgan fingerprint density at radius 3 is 2.50 bits per heavy atom. The average Bonchev–Trinajstić information content (AvgIpc) is 3.00. The zero-order valence-corrected chi connectivity index (χ0v) is 13.0. The Bertz CT molecular complexity index is 472. The highest BCUT2D eigenvalue weighted by Gasteiger charge is 2.28. The first kappa shape index (κ1) is 16.7. The Balaban J connectivity index is 2.04. The molecule has 1 aliphatic carbocycles. The van der Waals surface area contributed by atoms with Crippen LogP contribution in [0.5, 0.6) is 0 Å². The molecule has 4 nitrogen and oxygen atoms in total. The van der Waals surface area contributed by atoms with Crippen LogP contribution in [0, 0.1) is 11.7 Å². The second-order valence-electron chi connectivity index (χ2n) is 6.10. The van der Waals surface area contributed by atoms with Crippen LogP contribution in [0.4, 0.5) is 9.18 Å². The molecule has 1 aromatic carbocycles. The highest BCUT2D eigenvalue weighted by Crippen LogP contribution is 2.35. The predicted molar refractivity (Wildman–Crippen MR) is 83.9 cm³/mol. The van der Waals surface area contributed by atoms with Crippen LogP contribution in [-0.2, 0) is 0 Å². The molecule has 0 spiro atoms. The van der Waals surface area contributed by atoms with E-state index in [4.69, 9.17) is 5.11 Å². The second-order valence-corrected chi connectivity index (χ2v) is 6.10. The molecule has 2 atom stereocenters. The minimum Gasteiger partial charge on any atom is -0.396 e. The van der Waals surface area contributed by atoms with Crippen molar-refractivity contribution in [2.45, 2.75) is 51.1 Å². The fourth-order valence-corrected chi connectivity index (χ4v) is 3.11. The summed E-state index contributed by atoms with van der Waals surface area (Å²) < 4.78 is 13.1. The fraction of sp³-hybridized carbons (Fsp3) is 0.588. The maximum absolute atomic E-state index is 13.1. The first-order chi connectivity index (χ1) is 10.6. The minimum absolute atomic E-state index is 0.0471. The Labute approximate surface area is 131 Å². The van der Waals surface area contributed by atoms with Gasteiger partial charge in [0.25, 0.3) is 0 Å². The number of rotatable bonds is 6. The van der Waals surface area contributed by atoms with Crippen molar-refractivity contribution in [2.24, 2.45) is 5.92 Å². The van der Waals surface area contributed by atoms with Crippen LogP contribution in [0.2, 0.25) is 0 Å². The van der Waals surface area contributed by atoms with Gasteiger partial charge in [-0.05, 0) is 49.8 Å². The molecule has 122 valence electrons. The summed E-state index contributed by atoms with van der Waals surface area (Å²) in [5.74, 6) is 0.124. The van der Waals surface area contributed by atoms with Gasteiger partial charge in [-0.2, -0.15) is 0 Å². The Hall–Kier alpha value is -1.62. The monoisotopic (exact) mass is 308 g/mol. The van der Waals surface area contributed by atoms with Gasteiger partial charge >= 0.3 is 6.03 Å². The fourth-order valence-electron chi connectivity index (χ4n) is 3.11. The quantitative estimate of drug-likeness (QED) is 0.756. The standard InChI is InChI=1S/C17H25FN2O2/c1-12(10-11-21)19-17(22)20-16(13-4-2-3-5-13)14-6-8-15(18)9-7-14/h6-9,12-13,16,21H,2-5,10-11H2,1H3,(H2,19,20,22)/t12-,16?/m1/s1. The minimum atomic E-state index is -0.269. The van der Waals surface area contributed by atoms with Gasteiger partial charge in [0.05, 0.1) is 6.04 Å². The van der Waals surface area contributed by atoms with E-state index in [9.17, 15) is 9.18 Å². The van der Waals surface area contributed by atoms with E-state index in [1.54, 1.807) is 12.1 Å². The number of amides is 2. The summed E-state index contributed by atoms with van der Waals surface area (Å²) in [6, 6.07) is 5.95. The Kier molecular flexibility index (Phi) is 6.19. The third kappa shape index (κ3) is 4.70. The molecule has 1 saturated carbocycles. The number of hydrogen-bond donors (Lipinski definition) is 3. The van der Waals surface area contributed by atoms with Crippen molar-refractivity contribution in [3.05, 3.63) is 35.6 Å². The zero-order chi connectivity index (χ0) is 15.9. The largest absolute Gasteiger partial charge is 0.396 e. The lowest BCUT2D eigenvalue weighted by atomic mass is 9.91. The normalized spacial score (nSPS) is 18.0. The van der Waals surface area contributed by atoms with Crippen molar-refractivity contribution in [1.82, 2.24) is 10.6 Å². The van der Waals surface area contributed by atoms with Crippen LogP contribution in [0.25, 0.3) is 0 Å². The number of carbonyl (C=O) groups excluding carboxylic acids is 1. The molecule has 5 heteroatoms. The number of benzene rings is 1. The molecule has 3 N–H and O–H groups in total. The maximum atomic E-state index is 13.1. The molecule has 1 unspecified atom stereocenters. The number of halogens is 1. The number of aliphatic hydroxyl groups is 1. The van der Waals surface area contributed by atoms with Gasteiger partial charge in [0, 0.05) is 12.6 Å². The molecule has 0 bridgehead atoms. The Morgan fingerprint density at radius 1 is 1.27 bits per heavy atom. The van der Waals surface area contributed by atoms with E-state index in [1.807, 2.05) is 6.92 Å². The maximum Gasteiger partial charge on any atom is 0.315 e. The summed E-state index contributed by atoms with van der Waals surface area (Å²) in [4.78, 5) is 12.2. The van der Waals surface area contributed by atoms with Crippen molar-refractivity contribution in [2.75, 3.05) is 6.61 Å². The van der Waals surface area contributed by atoms with Crippen LogP contribution < -0.4 is 10.6 Å². The van der Waals surface area contributed by atoms with Gasteiger partial charge in [-0.1, -0.05) is 25.0 Å². The molecule has 2 amide bonds. The van der Waals surface area contributed by atoms with Crippen LogP contribution in [-0.4, -0.2) is 23.8 Å². The summed E-state index contributed by atoms with van der Waals surface area (Å²) in [6.45, 7) is 1.91. The lowest BCUT2D eigenvalue weighted by Gasteiger charge is -2.26. The molecule has 0 saturated heterocycles. The average molecular weight is 308 g/mol. The molecule has 0 aromatic heterocycles. The first-order valence-corrected chi connectivity index (χ1v) is 8.03. The molecule has 1 aliphatic rings. The number of urea groups is 1.